The Hall–Kier alpha value is -4.74. The lowest BCUT2D eigenvalue weighted by molar-refractivity contribution is -0.203. The summed E-state index contributed by atoms with van der Waals surface area (Å²) in [5.41, 5.74) is -2.76. The van der Waals surface area contributed by atoms with Crippen molar-refractivity contribution >= 4 is 64.6 Å². The van der Waals surface area contributed by atoms with E-state index in [9.17, 15) is 53.4 Å². The van der Waals surface area contributed by atoms with Gasteiger partial charge in [-0.25, -0.2) is 0 Å². The molecule has 0 aromatic rings. The number of carbonyl (C=O) groups is 9. The summed E-state index contributed by atoms with van der Waals surface area (Å²) in [6.45, 7) is 7.21. The predicted octanol–water partition coefficient (Wildman–Crippen LogP) is 1.39. The van der Waals surface area contributed by atoms with Gasteiger partial charge in [0.2, 0.25) is 23.5 Å². The Bertz CT molecular complexity index is 1880. The number of ketones is 2. The molecule has 5 aliphatic rings. The molecule has 0 aromatic heterocycles. The number of aliphatic hydroxyl groups excluding tert-OH is 1. The van der Waals surface area contributed by atoms with Gasteiger partial charge in [0.15, 0.2) is 11.4 Å². The van der Waals surface area contributed by atoms with Crippen LogP contribution in [0.1, 0.15) is 86.0 Å². The second-order valence-electron chi connectivity index (χ2n) is 16.6. The van der Waals surface area contributed by atoms with Gasteiger partial charge in [-0.05, 0) is 63.0 Å². The Morgan fingerprint density at radius 3 is 2.32 bits per heavy atom. The third-order valence-corrected chi connectivity index (χ3v) is 14.2. The minimum Gasteiger partial charge on any atom is -0.481 e. The first-order valence-electron chi connectivity index (χ1n) is 19.9. The lowest BCUT2D eigenvalue weighted by atomic mass is 9.45. The molecule has 0 bridgehead atoms. The van der Waals surface area contributed by atoms with E-state index in [0.717, 1.165) is 22.6 Å². The molecule has 10 atom stereocenters. The van der Waals surface area contributed by atoms with Crippen LogP contribution in [0.5, 0.6) is 0 Å². The first-order chi connectivity index (χ1) is 27.7. The minimum atomic E-state index is -1.71. The summed E-state index contributed by atoms with van der Waals surface area (Å²) < 4.78 is 11.8. The van der Waals surface area contributed by atoms with Gasteiger partial charge < -0.3 is 35.6 Å². The smallest absolute Gasteiger partial charge is 0.306 e. The summed E-state index contributed by atoms with van der Waals surface area (Å²) in [7, 11) is 0. The molecule has 5 amide bonds. The van der Waals surface area contributed by atoms with Crippen molar-refractivity contribution in [3.05, 3.63) is 36.0 Å². The number of fused-ring (bicyclic) bond motifs is 5. The number of carboxylic acid groups (broad SMARTS) is 1. The van der Waals surface area contributed by atoms with Crippen LogP contribution in [0.15, 0.2) is 36.0 Å². The Kier molecular flexibility index (Phi) is 13.4. The van der Waals surface area contributed by atoms with E-state index in [-0.39, 0.29) is 49.8 Å². The monoisotopic (exact) mass is 844 g/mol. The van der Waals surface area contributed by atoms with Gasteiger partial charge in [0.25, 0.3) is 11.8 Å². The van der Waals surface area contributed by atoms with E-state index in [2.05, 4.69) is 16.0 Å². The van der Waals surface area contributed by atoms with Gasteiger partial charge in [0.05, 0.1) is 11.0 Å². The molecule has 17 nitrogen and oxygen atoms in total. The molecule has 0 radical (unpaired) electrons. The molecule has 0 saturated heterocycles. The van der Waals surface area contributed by atoms with Crippen LogP contribution in [0.2, 0.25) is 0 Å². The molecule has 322 valence electrons. The number of amides is 5. The second kappa shape index (κ2) is 17.5. The van der Waals surface area contributed by atoms with Crippen LogP contribution in [0.25, 0.3) is 0 Å². The summed E-state index contributed by atoms with van der Waals surface area (Å²) >= 11 is 7.57. The van der Waals surface area contributed by atoms with E-state index in [1.807, 2.05) is 20.8 Å². The van der Waals surface area contributed by atoms with Gasteiger partial charge >= 0.3 is 11.9 Å². The SMILES string of the molecule is CCC(=O)O[C@]1(C(=O)COCNC(=O)[C@H](C)NC(=O)[C@H](CCC(=O)O)NC(=O)CCN2C(=O)C=CC2=O)[C@@H](C)CC2[C@@H]3CCC4=CC(=O)C=C[C@]4(C)[C@@]3(Cl)[C@@H](O)C[C@@]21C. The second-order valence-corrected chi connectivity index (χ2v) is 17.2. The summed E-state index contributed by atoms with van der Waals surface area (Å²) in [5, 5.41) is 28.5. The molecule has 4 aliphatic carbocycles. The van der Waals surface area contributed by atoms with Crippen molar-refractivity contribution in [3.8, 4) is 0 Å². The van der Waals surface area contributed by atoms with Crippen molar-refractivity contribution in [3.63, 3.8) is 0 Å². The maximum Gasteiger partial charge on any atom is 0.306 e. The molecule has 0 aromatic carbocycles. The summed E-state index contributed by atoms with van der Waals surface area (Å²) in [4.78, 5) is 113. The van der Waals surface area contributed by atoms with Gasteiger partial charge in [0, 0.05) is 54.7 Å². The van der Waals surface area contributed by atoms with Gasteiger partial charge in [-0.2, -0.15) is 0 Å². The van der Waals surface area contributed by atoms with Crippen LogP contribution in [0.4, 0.5) is 0 Å². The van der Waals surface area contributed by atoms with Crippen LogP contribution in [0, 0.1) is 28.6 Å². The van der Waals surface area contributed by atoms with Crippen molar-refractivity contribution in [1.29, 1.82) is 0 Å². The third-order valence-electron chi connectivity index (χ3n) is 13.3. The van der Waals surface area contributed by atoms with Crippen LogP contribution >= 0.6 is 11.6 Å². The van der Waals surface area contributed by atoms with Crippen LogP contribution in [-0.4, -0.2) is 117 Å². The highest BCUT2D eigenvalue weighted by Gasteiger charge is 2.76. The number of carboxylic acids is 1. The molecular weight excluding hydrogens is 792 g/mol. The summed E-state index contributed by atoms with van der Waals surface area (Å²) in [6.07, 6.45) is 6.21. The Labute approximate surface area is 346 Å². The Balaban J connectivity index is 1.22. The van der Waals surface area contributed by atoms with Gasteiger partial charge in [-0.15, -0.1) is 11.6 Å². The molecule has 59 heavy (non-hydrogen) atoms. The van der Waals surface area contributed by atoms with E-state index in [1.54, 1.807) is 19.1 Å². The number of nitrogens with zero attached hydrogens (tertiary/aromatic N) is 1. The highest BCUT2D eigenvalue weighted by Crippen LogP contribution is 2.72. The molecule has 5 rings (SSSR count). The third kappa shape index (κ3) is 8.25. The quantitative estimate of drug-likeness (QED) is 0.0457. The molecule has 18 heteroatoms. The molecule has 1 heterocycles. The van der Waals surface area contributed by atoms with Crippen molar-refractivity contribution in [2.45, 2.75) is 115 Å². The van der Waals surface area contributed by atoms with Gasteiger partial charge in [-0.1, -0.05) is 39.3 Å². The van der Waals surface area contributed by atoms with Gasteiger partial charge in [-0.3, -0.25) is 48.1 Å². The van der Waals surface area contributed by atoms with E-state index < -0.39 is 112 Å². The molecule has 1 unspecified atom stereocenters. The molecule has 0 spiro atoms. The first kappa shape index (κ1) is 45.3. The van der Waals surface area contributed by atoms with Gasteiger partial charge in [0.1, 0.15) is 25.4 Å². The van der Waals surface area contributed by atoms with E-state index in [1.165, 1.54) is 13.0 Å². The largest absolute Gasteiger partial charge is 0.481 e. The summed E-state index contributed by atoms with van der Waals surface area (Å²) in [5.74, 6) is -7.16. The minimum absolute atomic E-state index is 0.0152. The Morgan fingerprint density at radius 1 is 1.00 bits per heavy atom. The van der Waals surface area contributed by atoms with E-state index >= 15 is 0 Å². The number of carbonyl (C=O) groups excluding carboxylic acids is 8. The highest BCUT2D eigenvalue weighted by molar-refractivity contribution is 6.26. The van der Waals surface area contributed by atoms with E-state index in [0.29, 0.717) is 19.3 Å². The number of rotatable bonds is 17. The zero-order valence-electron chi connectivity index (χ0n) is 33.8. The number of ether oxygens (including phenoxy) is 2. The fourth-order valence-electron chi connectivity index (χ4n) is 10.2. The number of aliphatic hydroxyl groups is 1. The lowest BCUT2D eigenvalue weighted by Crippen LogP contribution is -2.69. The van der Waals surface area contributed by atoms with Crippen LogP contribution in [-0.2, 0) is 52.6 Å². The number of esters is 1. The fraction of sp³-hybridized carbons (Fsp3) is 0.634. The highest BCUT2D eigenvalue weighted by atomic mass is 35.5. The molecule has 3 saturated carbocycles. The standard InChI is InChI=1S/C41H53ClN4O13/c1-6-35(55)59-41(22(2)17-27-26-8-7-24-18-25(47)13-15-38(24,4)40(26,42)29(48)19-39(27,41)5)30(49)20-58-21-43-36(56)23(3)44-37(57)28(9-12-34(53)54)45-31(50)14-16-46-32(51)10-11-33(46)52/h10-11,13,15,18,22-23,26-29,48H,6-9,12,14,16-17,19-21H2,1-5H3,(H,43,56)(H,44,57)(H,45,50)(H,53,54)/t22-,23-,26-,27?,28-,29-,38-,39-,40-,41-/m0/s1. The summed E-state index contributed by atoms with van der Waals surface area (Å²) in [6, 6.07) is -2.58. The fourth-order valence-corrected chi connectivity index (χ4v) is 10.7. The average Bonchev–Trinajstić information content (AvgIpc) is 3.61. The number of Topliss-reactive ketones (excluding diaryl/α,β-unsaturated/α-hetero) is 1. The Morgan fingerprint density at radius 2 is 1.68 bits per heavy atom. The number of halogens is 1. The van der Waals surface area contributed by atoms with E-state index in [4.69, 9.17) is 21.1 Å². The number of imide groups is 1. The molecule has 5 N–H and O–H groups in total. The number of hydrogen-bond donors (Lipinski definition) is 5. The number of hydrogen-bond acceptors (Lipinski definition) is 12. The zero-order valence-corrected chi connectivity index (χ0v) is 34.6. The van der Waals surface area contributed by atoms with Crippen molar-refractivity contribution < 1.29 is 62.8 Å². The number of allylic oxidation sites excluding steroid dienone is 4. The normalized spacial score (nSPS) is 32.9. The average molecular weight is 845 g/mol. The predicted molar refractivity (Wildman–Crippen MR) is 208 cm³/mol. The van der Waals surface area contributed by atoms with Crippen LogP contribution < -0.4 is 16.0 Å². The topological polar surface area (TPSA) is 252 Å². The van der Waals surface area contributed by atoms with Crippen molar-refractivity contribution in [2.75, 3.05) is 19.9 Å². The van der Waals surface area contributed by atoms with Crippen molar-refractivity contribution in [1.82, 2.24) is 20.9 Å². The van der Waals surface area contributed by atoms with Crippen LogP contribution in [0.3, 0.4) is 0 Å². The molecule has 1 aliphatic heterocycles. The first-order valence-corrected chi connectivity index (χ1v) is 20.3. The zero-order chi connectivity index (χ0) is 43.7. The number of aliphatic carboxylic acids is 1. The number of alkyl halides is 1. The number of nitrogens with one attached hydrogen (secondary N) is 3. The molecule has 3 fully saturated rings. The lowest BCUT2D eigenvalue weighted by Gasteiger charge is -2.64. The van der Waals surface area contributed by atoms with Crippen molar-refractivity contribution in [2.24, 2.45) is 28.6 Å². The maximum absolute atomic E-state index is 14.5. The maximum atomic E-state index is 14.5. The molecular formula is C41H53ClN4O13.